The van der Waals surface area contributed by atoms with E-state index >= 15 is 0 Å². The molecule has 1 aromatic rings. The van der Waals surface area contributed by atoms with Crippen molar-refractivity contribution in [3.8, 4) is 0 Å². The van der Waals surface area contributed by atoms with Crippen LogP contribution in [0, 0.1) is 0 Å². The zero-order valence-electron chi connectivity index (χ0n) is 5.91. The van der Waals surface area contributed by atoms with Crippen molar-refractivity contribution >= 4 is 11.9 Å². The molecule has 0 saturated carbocycles. The third kappa shape index (κ3) is 6.14. The summed E-state index contributed by atoms with van der Waals surface area (Å²) in [7, 11) is 0. The van der Waals surface area contributed by atoms with Gasteiger partial charge >= 0.3 is 11.9 Å². The predicted octanol–water partition coefficient (Wildman–Crippen LogP) is -0.368. The van der Waals surface area contributed by atoms with Crippen LogP contribution in [0.4, 0.5) is 0 Å². The molecular weight excluding hydrogens is 164 g/mol. The van der Waals surface area contributed by atoms with Crippen LogP contribution in [0.25, 0.3) is 0 Å². The SMILES string of the molecule is O=C(O)C(=O)O.c1cncnc1. The number of carboxylic acid groups (broad SMARTS) is 2. The monoisotopic (exact) mass is 170 g/mol. The van der Waals surface area contributed by atoms with Gasteiger partial charge in [0.2, 0.25) is 0 Å². The van der Waals surface area contributed by atoms with Crippen molar-refractivity contribution in [2.24, 2.45) is 0 Å². The zero-order chi connectivity index (χ0) is 9.40. The maximum atomic E-state index is 9.10. The largest absolute Gasteiger partial charge is 0.473 e. The van der Waals surface area contributed by atoms with Crippen LogP contribution in [0.2, 0.25) is 0 Å². The number of aromatic nitrogens is 2. The second kappa shape index (κ2) is 5.78. The highest BCUT2D eigenvalue weighted by Crippen LogP contribution is 1.66. The summed E-state index contributed by atoms with van der Waals surface area (Å²) in [5.74, 6) is -3.65. The summed E-state index contributed by atoms with van der Waals surface area (Å²) in [6.45, 7) is 0. The van der Waals surface area contributed by atoms with Crippen LogP contribution in [-0.4, -0.2) is 32.1 Å². The van der Waals surface area contributed by atoms with Crippen LogP contribution in [0.5, 0.6) is 0 Å². The molecule has 1 rings (SSSR count). The second-order valence-corrected chi connectivity index (χ2v) is 1.51. The summed E-state index contributed by atoms with van der Waals surface area (Å²) in [4.78, 5) is 25.5. The molecular formula is C6H6N2O4. The fourth-order valence-corrected chi connectivity index (χ4v) is 0.253. The van der Waals surface area contributed by atoms with E-state index in [9.17, 15) is 0 Å². The normalized spacial score (nSPS) is 7.67. The molecule has 6 nitrogen and oxygen atoms in total. The van der Waals surface area contributed by atoms with E-state index in [0.717, 1.165) is 0 Å². The number of aliphatic carboxylic acids is 2. The van der Waals surface area contributed by atoms with Gasteiger partial charge in [0.25, 0.3) is 0 Å². The number of rotatable bonds is 0. The number of carboxylic acids is 2. The molecule has 64 valence electrons. The lowest BCUT2D eigenvalue weighted by Crippen LogP contribution is -2.09. The highest BCUT2D eigenvalue weighted by atomic mass is 16.4. The molecule has 0 aliphatic carbocycles. The highest BCUT2D eigenvalue weighted by molar-refractivity contribution is 6.27. The first-order chi connectivity index (χ1) is 5.64. The maximum absolute atomic E-state index is 9.10. The minimum Gasteiger partial charge on any atom is -0.473 e. The Morgan fingerprint density at radius 3 is 1.50 bits per heavy atom. The second-order valence-electron chi connectivity index (χ2n) is 1.51. The van der Waals surface area contributed by atoms with E-state index in [0.29, 0.717) is 0 Å². The Morgan fingerprint density at radius 1 is 1.00 bits per heavy atom. The average Bonchev–Trinajstić information content (AvgIpc) is 2.08. The quantitative estimate of drug-likeness (QED) is 0.515. The number of nitrogens with zero attached hydrogens (tertiary/aromatic N) is 2. The van der Waals surface area contributed by atoms with Crippen LogP contribution in [-0.2, 0) is 9.59 Å². The van der Waals surface area contributed by atoms with Gasteiger partial charge in [0.1, 0.15) is 6.33 Å². The molecule has 0 atom stereocenters. The van der Waals surface area contributed by atoms with E-state index in [4.69, 9.17) is 19.8 Å². The lowest BCUT2D eigenvalue weighted by molar-refractivity contribution is -0.159. The van der Waals surface area contributed by atoms with Gasteiger partial charge in [0.05, 0.1) is 0 Å². The van der Waals surface area contributed by atoms with E-state index in [-0.39, 0.29) is 0 Å². The van der Waals surface area contributed by atoms with Crippen LogP contribution in [0.3, 0.4) is 0 Å². The topological polar surface area (TPSA) is 100 Å². The first-order valence-electron chi connectivity index (χ1n) is 2.80. The van der Waals surface area contributed by atoms with Crippen molar-refractivity contribution in [2.45, 2.75) is 0 Å². The molecule has 0 bridgehead atoms. The highest BCUT2D eigenvalue weighted by Gasteiger charge is 2.04. The van der Waals surface area contributed by atoms with Gasteiger partial charge in [0.15, 0.2) is 0 Å². The van der Waals surface area contributed by atoms with Gasteiger partial charge in [0, 0.05) is 12.4 Å². The summed E-state index contributed by atoms with van der Waals surface area (Å²) in [5.41, 5.74) is 0. The molecule has 12 heavy (non-hydrogen) atoms. The summed E-state index contributed by atoms with van der Waals surface area (Å²) >= 11 is 0. The predicted molar refractivity (Wildman–Crippen MR) is 37.3 cm³/mol. The minimum absolute atomic E-state index is 1.50. The van der Waals surface area contributed by atoms with Gasteiger partial charge in [-0.05, 0) is 6.07 Å². The Kier molecular flexibility index (Phi) is 4.83. The molecule has 0 saturated heterocycles. The molecule has 0 fully saturated rings. The van der Waals surface area contributed by atoms with Crippen molar-refractivity contribution in [3.63, 3.8) is 0 Å². The van der Waals surface area contributed by atoms with Gasteiger partial charge in [-0.1, -0.05) is 0 Å². The Hall–Kier alpha value is -1.98. The van der Waals surface area contributed by atoms with Crippen LogP contribution in [0.15, 0.2) is 24.8 Å². The average molecular weight is 170 g/mol. The number of carbonyl (C=O) groups is 2. The standard InChI is InChI=1S/C4H4N2.C2H2O4/c1-2-5-4-6-3-1;3-1(4)2(5)6/h1-4H;(H,3,4)(H,5,6). The van der Waals surface area contributed by atoms with Crippen molar-refractivity contribution in [2.75, 3.05) is 0 Å². The first kappa shape index (κ1) is 10.0. The van der Waals surface area contributed by atoms with E-state index < -0.39 is 11.9 Å². The number of hydrogen-bond acceptors (Lipinski definition) is 4. The van der Waals surface area contributed by atoms with Gasteiger partial charge in [-0.25, -0.2) is 19.6 Å². The van der Waals surface area contributed by atoms with Crippen LogP contribution < -0.4 is 0 Å². The van der Waals surface area contributed by atoms with Gasteiger partial charge in [-0.15, -0.1) is 0 Å². The van der Waals surface area contributed by atoms with E-state index in [2.05, 4.69) is 9.97 Å². The third-order valence-corrected chi connectivity index (χ3v) is 0.661. The molecule has 0 radical (unpaired) electrons. The first-order valence-corrected chi connectivity index (χ1v) is 2.80. The van der Waals surface area contributed by atoms with E-state index in [1.165, 1.54) is 6.33 Å². The lowest BCUT2D eigenvalue weighted by atomic mass is 10.7. The van der Waals surface area contributed by atoms with Gasteiger partial charge in [-0.3, -0.25) is 0 Å². The summed E-state index contributed by atoms with van der Waals surface area (Å²) in [5, 5.41) is 14.8. The maximum Gasteiger partial charge on any atom is 0.414 e. The van der Waals surface area contributed by atoms with Crippen molar-refractivity contribution in [3.05, 3.63) is 24.8 Å². The Balaban J connectivity index is 0.000000202. The molecule has 0 spiro atoms. The molecule has 1 aromatic heterocycles. The summed E-state index contributed by atoms with van der Waals surface area (Å²) in [6.07, 6.45) is 4.88. The molecule has 0 amide bonds. The van der Waals surface area contributed by atoms with Crippen LogP contribution >= 0.6 is 0 Å². The van der Waals surface area contributed by atoms with Crippen molar-refractivity contribution < 1.29 is 19.8 Å². The van der Waals surface area contributed by atoms with E-state index in [1.807, 2.05) is 0 Å². The molecule has 0 aromatic carbocycles. The van der Waals surface area contributed by atoms with Gasteiger partial charge in [-0.2, -0.15) is 0 Å². The van der Waals surface area contributed by atoms with Crippen LogP contribution in [0.1, 0.15) is 0 Å². The fraction of sp³-hybridized carbons (Fsp3) is 0. The molecule has 0 aliphatic heterocycles. The summed E-state index contributed by atoms with van der Waals surface area (Å²) < 4.78 is 0. The minimum atomic E-state index is -1.82. The molecule has 0 unspecified atom stereocenters. The van der Waals surface area contributed by atoms with Gasteiger partial charge < -0.3 is 10.2 Å². The fourth-order valence-electron chi connectivity index (χ4n) is 0.253. The summed E-state index contributed by atoms with van der Waals surface area (Å²) in [6, 6.07) is 1.78. The Labute approximate surface area is 67.5 Å². The Morgan fingerprint density at radius 2 is 1.42 bits per heavy atom. The Bertz CT molecular complexity index is 210. The third-order valence-electron chi connectivity index (χ3n) is 0.661. The van der Waals surface area contributed by atoms with Crippen molar-refractivity contribution in [1.82, 2.24) is 9.97 Å². The molecule has 2 N–H and O–H groups in total. The van der Waals surface area contributed by atoms with E-state index in [1.54, 1.807) is 18.5 Å². The molecule has 6 heteroatoms. The van der Waals surface area contributed by atoms with Crippen molar-refractivity contribution in [1.29, 1.82) is 0 Å². The smallest absolute Gasteiger partial charge is 0.414 e. The molecule has 1 heterocycles. The zero-order valence-corrected chi connectivity index (χ0v) is 5.91. The lowest BCUT2D eigenvalue weighted by Gasteiger charge is -1.72. The number of hydrogen-bond donors (Lipinski definition) is 2. The molecule has 0 aliphatic rings.